The third kappa shape index (κ3) is 1.98. The normalized spacial score (nSPS) is 11.1. The van der Waals surface area contributed by atoms with Crippen LogP contribution in [0.2, 0.25) is 0 Å². The summed E-state index contributed by atoms with van der Waals surface area (Å²) in [5.74, 6) is -1.34. The van der Waals surface area contributed by atoms with Crippen molar-refractivity contribution in [1.29, 1.82) is 0 Å². The Morgan fingerprint density at radius 3 is 2.84 bits per heavy atom. The van der Waals surface area contributed by atoms with Gasteiger partial charge in [-0.25, -0.2) is 8.78 Å². The zero-order chi connectivity index (χ0) is 13.6. The van der Waals surface area contributed by atoms with Gasteiger partial charge in [0.15, 0.2) is 4.77 Å². The smallest absolute Gasteiger partial charge is 0.182 e. The quantitative estimate of drug-likeness (QED) is 0.533. The maximum absolute atomic E-state index is 13.9. The summed E-state index contributed by atoms with van der Waals surface area (Å²) in [4.78, 5) is 6.89. The SMILES string of the molecule is Fc1cc(F)c(-n2c(=S)[nH]c3cnccc32)cc1Br. The highest BCUT2D eigenvalue weighted by Gasteiger charge is 2.13. The Balaban J connectivity index is 2.40. The van der Waals surface area contributed by atoms with Crippen molar-refractivity contribution in [2.75, 3.05) is 0 Å². The second-order valence-electron chi connectivity index (χ2n) is 3.88. The minimum Gasteiger partial charge on any atom is -0.329 e. The van der Waals surface area contributed by atoms with Gasteiger partial charge in [-0.15, -0.1) is 0 Å². The molecule has 7 heteroatoms. The molecule has 0 radical (unpaired) electrons. The Kier molecular flexibility index (Phi) is 2.94. The second-order valence-corrected chi connectivity index (χ2v) is 5.12. The first kappa shape index (κ1) is 12.4. The van der Waals surface area contributed by atoms with Crippen molar-refractivity contribution in [3.63, 3.8) is 0 Å². The molecule has 3 rings (SSSR count). The van der Waals surface area contributed by atoms with Crippen molar-refractivity contribution < 1.29 is 8.78 Å². The Morgan fingerprint density at radius 2 is 2.05 bits per heavy atom. The highest BCUT2D eigenvalue weighted by Crippen LogP contribution is 2.26. The highest BCUT2D eigenvalue weighted by molar-refractivity contribution is 9.10. The van der Waals surface area contributed by atoms with E-state index in [0.717, 1.165) is 6.07 Å². The molecule has 0 unspecified atom stereocenters. The number of hydrogen-bond donors (Lipinski definition) is 1. The number of H-pyrrole nitrogens is 1. The molecule has 0 bridgehead atoms. The Bertz CT molecular complexity index is 841. The van der Waals surface area contributed by atoms with E-state index in [1.165, 1.54) is 10.6 Å². The topological polar surface area (TPSA) is 33.6 Å². The predicted molar refractivity (Wildman–Crippen MR) is 73.9 cm³/mol. The lowest BCUT2D eigenvalue weighted by atomic mass is 10.3. The van der Waals surface area contributed by atoms with Crippen LogP contribution in [-0.4, -0.2) is 14.5 Å². The number of rotatable bonds is 1. The Hall–Kier alpha value is -1.60. The van der Waals surface area contributed by atoms with E-state index in [1.807, 2.05) is 0 Å². The van der Waals surface area contributed by atoms with Crippen LogP contribution in [0.5, 0.6) is 0 Å². The van der Waals surface area contributed by atoms with Crippen LogP contribution in [0.25, 0.3) is 16.7 Å². The van der Waals surface area contributed by atoms with Crippen molar-refractivity contribution in [2.24, 2.45) is 0 Å². The zero-order valence-corrected chi connectivity index (χ0v) is 11.7. The van der Waals surface area contributed by atoms with E-state index in [2.05, 4.69) is 25.9 Å². The number of benzene rings is 1. The zero-order valence-electron chi connectivity index (χ0n) is 9.32. The average Bonchev–Trinajstić information content (AvgIpc) is 2.70. The molecule has 0 aliphatic heterocycles. The summed E-state index contributed by atoms with van der Waals surface area (Å²) in [6.45, 7) is 0. The van der Waals surface area contributed by atoms with E-state index in [-0.39, 0.29) is 10.2 Å². The van der Waals surface area contributed by atoms with Crippen LogP contribution in [0.1, 0.15) is 0 Å². The monoisotopic (exact) mass is 341 g/mol. The summed E-state index contributed by atoms with van der Waals surface area (Å²) in [6.07, 6.45) is 3.18. The maximum Gasteiger partial charge on any atom is 0.182 e. The lowest BCUT2D eigenvalue weighted by Gasteiger charge is -2.07. The molecule has 0 amide bonds. The molecule has 1 aromatic carbocycles. The number of fused-ring (bicyclic) bond motifs is 1. The van der Waals surface area contributed by atoms with Gasteiger partial charge in [-0.2, -0.15) is 0 Å². The number of imidazole rings is 1. The van der Waals surface area contributed by atoms with Crippen LogP contribution in [0, 0.1) is 16.4 Å². The number of halogens is 3. The highest BCUT2D eigenvalue weighted by atomic mass is 79.9. The number of nitrogens with zero attached hydrogens (tertiary/aromatic N) is 2. The summed E-state index contributed by atoms with van der Waals surface area (Å²) >= 11 is 8.22. The molecule has 2 aromatic heterocycles. The molecule has 96 valence electrons. The van der Waals surface area contributed by atoms with Gasteiger partial charge in [0.25, 0.3) is 0 Å². The van der Waals surface area contributed by atoms with E-state index in [9.17, 15) is 8.78 Å². The molecular formula is C12H6BrF2N3S. The third-order valence-corrected chi connectivity index (χ3v) is 3.61. The fourth-order valence-corrected chi connectivity index (χ4v) is 2.52. The molecular weight excluding hydrogens is 336 g/mol. The molecule has 0 aliphatic carbocycles. The fourth-order valence-electron chi connectivity index (χ4n) is 1.88. The summed E-state index contributed by atoms with van der Waals surface area (Å²) < 4.78 is 29.2. The minimum absolute atomic E-state index is 0.175. The van der Waals surface area contributed by atoms with Crippen molar-refractivity contribution >= 4 is 39.2 Å². The van der Waals surface area contributed by atoms with E-state index in [4.69, 9.17) is 12.2 Å². The molecule has 3 nitrogen and oxygen atoms in total. The molecule has 2 heterocycles. The predicted octanol–water partition coefficient (Wildman–Crippen LogP) is 4.12. The van der Waals surface area contributed by atoms with Crippen LogP contribution in [0.4, 0.5) is 8.78 Å². The van der Waals surface area contributed by atoms with Gasteiger partial charge >= 0.3 is 0 Å². The first-order chi connectivity index (χ1) is 9.08. The van der Waals surface area contributed by atoms with E-state index in [0.29, 0.717) is 15.8 Å². The van der Waals surface area contributed by atoms with Gasteiger partial charge in [-0.3, -0.25) is 9.55 Å². The summed E-state index contributed by atoms with van der Waals surface area (Å²) in [6, 6.07) is 3.88. The number of aromatic nitrogens is 3. The van der Waals surface area contributed by atoms with Crippen molar-refractivity contribution in [1.82, 2.24) is 14.5 Å². The van der Waals surface area contributed by atoms with Gasteiger partial charge in [0.1, 0.15) is 11.6 Å². The number of hydrogen-bond acceptors (Lipinski definition) is 2. The second kappa shape index (κ2) is 4.50. The van der Waals surface area contributed by atoms with E-state index >= 15 is 0 Å². The molecule has 0 spiro atoms. The van der Waals surface area contributed by atoms with Gasteiger partial charge in [-0.1, -0.05) is 0 Å². The standard InChI is InChI=1S/C12H6BrF2N3S/c13-6-3-11(8(15)4-7(6)14)18-10-1-2-16-5-9(10)17-12(18)19/h1-5H,(H,17,19). The van der Waals surface area contributed by atoms with E-state index in [1.54, 1.807) is 18.5 Å². The lowest BCUT2D eigenvalue weighted by Crippen LogP contribution is -1.99. The van der Waals surface area contributed by atoms with Crippen LogP contribution in [0.3, 0.4) is 0 Å². The van der Waals surface area contributed by atoms with Crippen molar-refractivity contribution in [3.8, 4) is 5.69 Å². The fraction of sp³-hybridized carbons (Fsp3) is 0. The van der Waals surface area contributed by atoms with E-state index < -0.39 is 11.6 Å². The molecule has 0 saturated carbocycles. The van der Waals surface area contributed by atoms with Crippen molar-refractivity contribution in [2.45, 2.75) is 0 Å². The first-order valence-electron chi connectivity index (χ1n) is 5.27. The van der Waals surface area contributed by atoms with Crippen LogP contribution < -0.4 is 0 Å². The van der Waals surface area contributed by atoms with Gasteiger partial charge < -0.3 is 4.98 Å². The van der Waals surface area contributed by atoms with Crippen molar-refractivity contribution in [3.05, 3.63) is 51.5 Å². The number of aromatic amines is 1. The number of nitrogens with one attached hydrogen (secondary N) is 1. The lowest BCUT2D eigenvalue weighted by molar-refractivity contribution is 0.574. The minimum atomic E-state index is -0.686. The van der Waals surface area contributed by atoms with Gasteiger partial charge in [0.05, 0.1) is 27.4 Å². The van der Waals surface area contributed by atoms with Gasteiger partial charge in [0, 0.05) is 12.3 Å². The first-order valence-corrected chi connectivity index (χ1v) is 6.47. The van der Waals surface area contributed by atoms with Crippen LogP contribution in [-0.2, 0) is 0 Å². The largest absolute Gasteiger partial charge is 0.329 e. The molecule has 19 heavy (non-hydrogen) atoms. The number of pyridine rings is 1. The molecule has 1 N–H and O–H groups in total. The van der Waals surface area contributed by atoms with Gasteiger partial charge in [0.2, 0.25) is 0 Å². The summed E-state index contributed by atoms with van der Waals surface area (Å²) in [5.41, 5.74) is 1.54. The van der Waals surface area contributed by atoms with Crippen LogP contribution >= 0.6 is 28.1 Å². The van der Waals surface area contributed by atoms with Gasteiger partial charge in [-0.05, 0) is 40.3 Å². The third-order valence-electron chi connectivity index (χ3n) is 2.71. The average molecular weight is 342 g/mol. The molecule has 0 aliphatic rings. The molecule has 3 aromatic rings. The van der Waals surface area contributed by atoms with Crippen LogP contribution in [0.15, 0.2) is 35.1 Å². The summed E-state index contributed by atoms with van der Waals surface area (Å²) in [7, 11) is 0. The maximum atomic E-state index is 13.9. The Labute approximate surface area is 120 Å². The Morgan fingerprint density at radius 1 is 1.26 bits per heavy atom. The summed E-state index contributed by atoms with van der Waals surface area (Å²) in [5, 5.41) is 0. The molecule has 0 saturated heterocycles. The molecule has 0 atom stereocenters. The molecule has 0 fully saturated rings.